The summed E-state index contributed by atoms with van der Waals surface area (Å²) in [6, 6.07) is 11.7. The first-order chi connectivity index (χ1) is 11.9. The van der Waals surface area contributed by atoms with Gasteiger partial charge in [0.2, 0.25) is 11.8 Å². The molecular weight excluding hydrogens is 316 g/mol. The minimum atomic E-state index is -0.991. The van der Waals surface area contributed by atoms with Crippen molar-refractivity contribution in [2.45, 2.75) is 26.3 Å². The number of nitriles is 1. The van der Waals surface area contributed by atoms with Crippen molar-refractivity contribution in [1.29, 1.82) is 5.26 Å². The molecule has 2 aliphatic heterocycles. The number of para-hydroxylation sites is 1. The zero-order valence-corrected chi connectivity index (χ0v) is 14.8. The van der Waals surface area contributed by atoms with E-state index in [1.165, 1.54) is 0 Å². The summed E-state index contributed by atoms with van der Waals surface area (Å²) in [7, 11) is 0. The molecule has 6 heteroatoms. The summed E-state index contributed by atoms with van der Waals surface area (Å²) in [5.41, 5.74) is -0.0466. The van der Waals surface area contributed by atoms with Crippen molar-refractivity contribution in [2.24, 2.45) is 5.41 Å². The smallest absolute Gasteiger partial charge is 0.244 e. The molecule has 0 spiro atoms. The molecule has 1 aromatic rings. The van der Waals surface area contributed by atoms with Gasteiger partial charge in [0, 0.05) is 38.4 Å². The number of rotatable bonds is 3. The van der Waals surface area contributed by atoms with Crippen molar-refractivity contribution in [3.05, 3.63) is 30.3 Å². The Labute approximate surface area is 148 Å². The Morgan fingerprint density at radius 1 is 1.12 bits per heavy atom. The number of amides is 2. The summed E-state index contributed by atoms with van der Waals surface area (Å²) >= 11 is 0. The molecule has 2 amide bonds. The van der Waals surface area contributed by atoms with Crippen LogP contribution in [0.3, 0.4) is 0 Å². The summed E-state index contributed by atoms with van der Waals surface area (Å²) in [6.07, 6.45) is 0.811. The average molecular weight is 340 g/mol. The van der Waals surface area contributed by atoms with Crippen LogP contribution in [0.15, 0.2) is 30.3 Å². The van der Waals surface area contributed by atoms with Gasteiger partial charge in [0.25, 0.3) is 0 Å². The van der Waals surface area contributed by atoms with Gasteiger partial charge in [-0.25, -0.2) is 0 Å². The predicted octanol–water partition coefficient (Wildman–Crippen LogP) is 1.49. The van der Waals surface area contributed by atoms with Crippen LogP contribution in [0.4, 0.5) is 5.69 Å². The predicted molar refractivity (Wildman–Crippen MR) is 94.7 cm³/mol. The number of hydrogen-bond acceptors (Lipinski definition) is 4. The lowest BCUT2D eigenvalue weighted by molar-refractivity contribution is -0.140. The van der Waals surface area contributed by atoms with E-state index in [2.05, 4.69) is 11.0 Å². The summed E-state index contributed by atoms with van der Waals surface area (Å²) in [4.78, 5) is 30.9. The van der Waals surface area contributed by atoms with Gasteiger partial charge < -0.3 is 9.80 Å². The number of carbonyl (C=O) groups excluding carboxylic acids is 2. The highest BCUT2D eigenvalue weighted by Gasteiger charge is 2.39. The second kappa shape index (κ2) is 6.85. The zero-order chi connectivity index (χ0) is 18.0. The van der Waals surface area contributed by atoms with Crippen molar-refractivity contribution in [1.82, 2.24) is 9.80 Å². The number of nitrogens with zero attached hydrogens (tertiary/aromatic N) is 4. The summed E-state index contributed by atoms with van der Waals surface area (Å²) in [6.45, 7) is 6.52. The standard InChI is InChI=1S/C19H24N4O2/c1-19(2,14-20)18(25)22-12-10-21(11-13-22)16-8-9-23(17(16)24)15-6-4-3-5-7-15/h3-7,16H,8-13H2,1-2H3/t16-/m1/s1. The Hall–Kier alpha value is -2.39. The molecule has 0 aliphatic carbocycles. The number of carbonyl (C=O) groups is 2. The number of anilines is 1. The van der Waals surface area contributed by atoms with Crippen LogP contribution in [0.1, 0.15) is 20.3 Å². The highest BCUT2D eigenvalue weighted by molar-refractivity contribution is 5.99. The minimum absolute atomic E-state index is 0.110. The number of piperazine rings is 1. The van der Waals surface area contributed by atoms with E-state index in [0.717, 1.165) is 18.7 Å². The molecule has 0 radical (unpaired) electrons. The van der Waals surface area contributed by atoms with Crippen LogP contribution >= 0.6 is 0 Å². The maximum Gasteiger partial charge on any atom is 0.244 e. The molecule has 2 aliphatic rings. The Morgan fingerprint density at radius 2 is 1.76 bits per heavy atom. The first-order valence-corrected chi connectivity index (χ1v) is 8.75. The first kappa shape index (κ1) is 17.4. The summed E-state index contributed by atoms with van der Waals surface area (Å²) in [5.74, 6) is 0.0154. The van der Waals surface area contributed by atoms with Crippen molar-refractivity contribution in [3.63, 3.8) is 0 Å². The molecule has 3 rings (SSSR count). The molecular formula is C19H24N4O2. The quantitative estimate of drug-likeness (QED) is 0.836. The van der Waals surface area contributed by atoms with Gasteiger partial charge in [-0.2, -0.15) is 5.26 Å². The van der Waals surface area contributed by atoms with E-state index in [1.54, 1.807) is 18.7 Å². The molecule has 0 unspecified atom stereocenters. The van der Waals surface area contributed by atoms with Crippen LogP contribution in [0, 0.1) is 16.7 Å². The molecule has 132 valence electrons. The van der Waals surface area contributed by atoms with Gasteiger partial charge in [0.1, 0.15) is 5.41 Å². The van der Waals surface area contributed by atoms with Crippen LogP contribution in [-0.4, -0.2) is 60.4 Å². The third-order valence-electron chi connectivity index (χ3n) is 5.10. The number of hydrogen-bond donors (Lipinski definition) is 0. The molecule has 2 saturated heterocycles. The lowest BCUT2D eigenvalue weighted by Crippen LogP contribution is -2.55. The van der Waals surface area contributed by atoms with Crippen molar-refractivity contribution < 1.29 is 9.59 Å². The van der Waals surface area contributed by atoms with Gasteiger partial charge in [-0.1, -0.05) is 18.2 Å². The van der Waals surface area contributed by atoms with E-state index in [0.29, 0.717) is 26.2 Å². The topological polar surface area (TPSA) is 67.7 Å². The molecule has 1 atom stereocenters. The molecule has 25 heavy (non-hydrogen) atoms. The maximum absolute atomic E-state index is 12.8. The van der Waals surface area contributed by atoms with Gasteiger partial charge >= 0.3 is 0 Å². The van der Waals surface area contributed by atoms with Crippen molar-refractivity contribution in [2.75, 3.05) is 37.6 Å². The third kappa shape index (κ3) is 3.38. The van der Waals surface area contributed by atoms with E-state index < -0.39 is 5.41 Å². The molecule has 6 nitrogen and oxygen atoms in total. The third-order valence-corrected chi connectivity index (χ3v) is 5.10. The van der Waals surface area contributed by atoms with Gasteiger partial charge in [0.15, 0.2) is 0 Å². The molecule has 0 bridgehead atoms. The monoisotopic (exact) mass is 340 g/mol. The Morgan fingerprint density at radius 3 is 2.36 bits per heavy atom. The van der Waals surface area contributed by atoms with Crippen molar-refractivity contribution in [3.8, 4) is 6.07 Å². The minimum Gasteiger partial charge on any atom is -0.339 e. The Bertz CT molecular complexity index is 687. The lowest BCUT2D eigenvalue weighted by Gasteiger charge is -2.38. The van der Waals surface area contributed by atoms with E-state index in [-0.39, 0.29) is 17.9 Å². The van der Waals surface area contributed by atoms with Gasteiger partial charge in [0.05, 0.1) is 12.1 Å². The lowest BCUT2D eigenvalue weighted by atomic mass is 9.93. The van der Waals surface area contributed by atoms with Crippen LogP contribution in [0.2, 0.25) is 0 Å². The summed E-state index contributed by atoms with van der Waals surface area (Å²) < 4.78 is 0. The highest BCUT2D eigenvalue weighted by atomic mass is 16.2. The fourth-order valence-corrected chi connectivity index (χ4v) is 3.55. The second-order valence-corrected chi connectivity index (χ2v) is 7.19. The van der Waals surface area contributed by atoms with Crippen molar-refractivity contribution >= 4 is 17.5 Å². The summed E-state index contributed by atoms with van der Waals surface area (Å²) in [5, 5.41) is 9.13. The Kier molecular flexibility index (Phi) is 4.78. The molecule has 0 saturated carbocycles. The van der Waals surface area contributed by atoms with Gasteiger partial charge in [-0.05, 0) is 32.4 Å². The second-order valence-electron chi connectivity index (χ2n) is 7.19. The van der Waals surface area contributed by atoms with E-state index in [1.807, 2.05) is 35.2 Å². The molecule has 0 N–H and O–H groups in total. The normalized spacial score (nSPS) is 22.1. The fraction of sp³-hybridized carbons (Fsp3) is 0.526. The number of benzene rings is 1. The Balaban J connectivity index is 1.60. The van der Waals surface area contributed by atoms with Crippen LogP contribution in [0.5, 0.6) is 0 Å². The molecule has 2 fully saturated rings. The molecule has 0 aromatic heterocycles. The van der Waals surface area contributed by atoms with Crippen LogP contribution < -0.4 is 4.90 Å². The van der Waals surface area contributed by atoms with E-state index >= 15 is 0 Å². The maximum atomic E-state index is 12.8. The van der Waals surface area contributed by atoms with Crippen LogP contribution in [-0.2, 0) is 9.59 Å². The fourth-order valence-electron chi connectivity index (χ4n) is 3.55. The van der Waals surface area contributed by atoms with Gasteiger partial charge in [-0.15, -0.1) is 0 Å². The van der Waals surface area contributed by atoms with Gasteiger partial charge in [-0.3, -0.25) is 14.5 Å². The largest absolute Gasteiger partial charge is 0.339 e. The van der Waals surface area contributed by atoms with E-state index in [4.69, 9.17) is 5.26 Å². The first-order valence-electron chi connectivity index (χ1n) is 8.75. The zero-order valence-electron chi connectivity index (χ0n) is 14.8. The SMILES string of the molecule is CC(C)(C#N)C(=O)N1CCN([C@@H]2CCN(c3ccccc3)C2=O)CC1. The van der Waals surface area contributed by atoms with E-state index in [9.17, 15) is 9.59 Å². The molecule has 1 aromatic carbocycles. The molecule has 2 heterocycles. The average Bonchev–Trinajstić information content (AvgIpc) is 3.03. The van der Waals surface area contributed by atoms with Crippen LogP contribution in [0.25, 0.3) is 0 Å². The highest BCUT2D eigenvalue weighted by Crippen LogP contribution is 2.26.